The van der Waals surface area contributed by atoms with Crippen LogP contribution in [0, 0.1) is 11.3 Å². The van der Waals surface area contributed by atoms with Gasteiger partial charge in [-0.1, -0.05) is 13.8 Å². The summed E-state index contributed by atoms with van der Waals surface area (Å²) in [7, 11) is 0. The van der Waals surface area contributed by atoms with Crippen LogP contribution in [-0.2, 0) is 0 Å². The molecule has 0 radical (unpaired) electrons. The molecule has 3 nitrogen and oxygen atoms in total. The first-order valence-corrected chi connectivity index (χ1v) is 8.66. The molecule has 116 valence electrons. The molecule has 3 rings (SSSR count). The SMILES string of the molecule is CCN1C[C@H](C)C(N2CC3(CN(C(C)C)C3)C2)C[C@H]1C. The van der Waals surface area contributed by atoms with E-state index in [1.807, 2.05) is 0 Å². The van der Waals surface area contributed by atoms with Crippen molar-refractivity contribution >= 4 is 0 Å². The van der Waals surface area contributed by atoms with Crippen LogP contribution >= 0.6 is 0 Å². The number of hydrogen-bond donors (Lipinski definition) is 0. The quantitative estimate of drug-likeness (QED) is 0.783. The molecule has 3 saturated heterocycles. The first kappa shape index (κ1) is 14.8. The van der Waals surface area contributed by atoms with Gasteiger partial charge in [0.25, 0.3) is 0 Å². The normalized spacial score (nSPS) is 39.0. The van der Waals surface area contributed by atoms with Crippen molar-refractivity contribution in [1.82, 2.24) is 14.7 Å². The summed E-state index contributed by atoms with van der Waals surface area (Å²) in [4.78, 5) is 8.08. The standard InChI is InChI=1S/C17H33N3/c1-6-18-8-14(4)16(7-15(18)5)20-11-17(12-20)9-19(10-17)13(2)3/h13-16H,6-12H2,1-5H3/t14-,15+,16?/m0/s1. The van der Waals surface area contributed by atoms with Crippen molar-refractivity contribution in [2.45, 2.75) is 59.2 Å². The molecule has 3 aliphatic rings. The van der Waals surface area contributed by atoms with E-state index in [1.165, 1.54) is 45.7 Å². The molecule has 3 fully saturated rings. The van der Waals surface area contributed by atoms with Crippen LogP contribution < -0.4 is 0 Å². The minimum absolute atomic E-state index is 0.676. The Morgan fingerprint density at radius 3 is 2.30 bits per heavy atom. The molecular formula is C17H33N3. The molecule has 0 aromatic heterocycles. The lowest BCUT2D eigenvalue weighted by Gasteiger charge is -2.64. The van der Waals surface area contributed by atoms with Crippen molar-refractivity contribution in [2.75, 3.05) is 39.3 Å². The molecule has 0 aliphatic carbocycles. The first-order chi connectivity index (χ1) is 9.44. The Bertz CT molecular complexity index is 340. The molecule has 0 aromatic rings. The lowest BCUT2D eigenvalue weighted by Crippen LogP contribution is -2.75. The highest BCUT2D eigenvalue weighted by atomic mass is 15.3. The van der Waals surface area contributed by atoms with E-state index in [4.69, 9.17) is 0 Å². The maximum atomic E-state index is 2.80. The number of nitrogens with zero attached hydrogens (tertiary/aromatic N) is 3. The Labute approximate surface area is 125 Å². The second-order valence-corrected chi connectivity index (χ2v) is 8.12. The zero-order chi connectivity index (χ0) is 14.5. The number of hydrogen-bond acceptors (Lipinski definition) is 3. The molecule has 3 atom stereocenters. The molecular weight excluding hydrogens is 246 g/mol. The second kappa shape index (κ2) is 5.26. The van der Waals surface area contributed by atoms with Crippen LogP contribution in [0.25, 0.3) is 0 Å². The number of rotatable bonds is 3. The summed E-state index contributed by atoms with van der Waals surface area (Å²) in [5, 5.41) is 0. The zero-order valence-corrected chi connectivity index (χ0v) is 14.1. The summed E-state index contributed by atoms with van der Waals surface area (Å²) in [5.41, 5.74) is 0.676. The van der Waals surface area contributed by atoms with Gasteiger partial charge in [-0.2, -0.15) is 0 Å². The van der Waals surface area contributed by atoms with Gasteiger partial charge in [0.15, 0.2) is 0 Å². The molecule has 3 aliphatic heterocycles. The minimum atomic E-state index is 0.676. The van der Waals surface area contributed by atoms with Crippen LogP contribution in [0.1, 0.15) is 41.0 Å². The molecule has 0 saturated carbocycles. The van der Waals surface area contributed by atoms with Crippen LogP contribution in [0.5, 0.6) is 0 Å². The van der Waals surface area contributed by atoms with E-state index >= 15 is 0 Å². The summed E-state index contributed by atoms with van der Waals surface area (Å²) in [5.74, 6) is 0.838. The van der Waals surface area contributed by atoms with Gasteiger partial charge in [-0.3, -0.25) is 9.80 Å². The fourth-order valence-corrected chi connectivity index (χ4v) is 4.78. The lowest BCUT2D eigenvalue weighted by atomic mass is 9.70. The van der Waals surface area contributed by atoms with Gasteiger partial charge in [0.2, 0.25) is 0 Å². The molecule has 0 amide bonds. The second-order valence-electron chi connectivity index (χ2n) is 8.12. The van der Waals surface area contributed by atoms with E-state index in [9.17, 15) is 0 Å². The topological polar surface area (TPSA) is 9.72 Å². The number of piperidine rings is 1. The summed E-state index contributed by atoms with van der Waals surface area (Å²) in [6.07, 6.45) is 1.37. The first-order valence-electron chi connectivity index (χ1n) is 8.66. The molecule has 0 aromatic carbocycles. The van der Waals surface area contributed by atoms with Crippen LogP contribution in [0.2, 0.25) is 0 Å². The third-order valence-electron chi connectivity index (χ3n) is 6.14. The van der Waals surface area contributed by atoms with E-state index in [0.717, 1.165) is 24.0 Å². The van der Waals surface area contributed by atoms with Crippen molar-refractivity contribution in [3.8, 4) is 0 Å². The molecule has 1 spiro atoms. The van der Waals surface area contributed by atoms with E-state index < -0.39 is 0 Å². The minimum Gasteiger partial charge on any atom is -0.301 e. The van der Waals surface area contributed by atoms with Gasteiger partial charge in [0.1, 0.15) is 0 Å². The molecule has 20 heavy (non-hydrogen) atoms. The smallest absolute Gasteiger partial charge is 0.0212 e. The van der Waals surface area contributed by atoms with Crippen LogP contribution in [0.4, 0.5) is 0 Å². The average molecular weight is 279 g/mol. The maximum Gasteiger partial charge on any atom is 0.0212 e. The molecule has 1 unspecified atom stereocenters. The molecule has 0 N–H and O–H groups in total. The third kappa shape index (κ3) is 2.42. The van der Waals surface area contributed by atoms with Gasteiger partial charge in [-0.15, -0.1) is 0 Å². The highest BCUT2D eigenvalue weighted by Gasteiger charge is 2.54. The predicted molar refractivity (Wildman–Crippen MR) is 85.0 cm³/mol. The van der Waals surface area contributed by atoms with Gasteiger partial charge in [-0.25, -0.2) is 0 Å². The monoisotopic (exact) mass is 279 g/mol. The largest absolute Gasteiger partial charge is 0.301 e. The zero-order valence-electron chi connectivity index (χ0n) is 14.1. The van der Waals surface area contributed by atoms with Crippen molar-refractivity contribution in [3.63, 3.8) is 0 Å². The summed E-state index contributed by atoms with van der Waals surface area (Å²) < 4.78 is 0. The van der Waals surface area contributed by atoms with Gasteiger partial charge in [0, 0.05) is 56.3 Å². The maximum absolute atomic E-state index is 2.80. The Morgan fingerprint density at radius 1 is 1.10 bits per heavy atom. The van der Waals surface area contributed by atoms with Crippen molar-refractivity contribution in [3.05, 3.63) is 0 Å². The Morgan fingerprint density at radius 2 is 1.75 bits per heavy atom. The van der Waals surface area contributed by atoms with Crippen molar-refractivity contribution in [1.29, 1.82) is 0 Å². The van der Waals surface area contributed by atoms with E-state index in [0.29, 0.717) is 5.41 Å². The van der Waals surface area contributed by atoms with Crippen LogP contribution in [0.15, 0.2) is 0 Å². The van der Waals surface area contributed by atoms with Crippen LogP contribution in [-0.4, -0.2) is 72.1 Å². The summed E-state index contributed by atoms with van der Waals surface area (Å²) in [6, 6.07) is 2.35. The number of likely N-dealkylation sites (tertiary alicyclic amines) is 3. The Balaban J connectivity index is 1.51. The van der Waals surface area contributed by atoms with E-state index in [1.54, 1.807) is 0 Å². The average Bonchev–Trinajstić information content (AvgIpc) is 2.28. The summed E-state index contributed by atoms with van der Waals surface area (Å²) >= 11 is 0. The molecule has 3 heterocycles. The fourth-order valence-electron chi connectivity index (χ4n) is 4.78. The van der Waals surface area contributed by atoms with Crippen molar-refractivity contribution < 1.29 is 0 Å². The lowest BCUT2D eigenvalue weighted by molar-refractivity contribution is -0.154. The highest BCUT2D eigenvalue weighted by molar-refractivity contribution is 5.08. The van der Waals surface area contributed by atoms with Crippen molar-refractivity contribution in [2.24, 2.45) is 11.3 Å². The predicted octanol–water partition coefficient (Wildman–Crippen LogP) is 2.13. The fraction of sp³-hybridized carbons (Fsp3) is 1.00. The van der Waals surface area contributed by atoms with Gasteiger partial charge in [-0.05, 0) is 39.7 Å². The molecule has 3 heteroatoms. The van der Waals surface area contributed by atoms with Crippen LogP contribution in [0.3, 0.4) is 0 Å². The Kier molecular flexibility index (Phi) is 3.89. The van der Waals surface area contributed by atoms with E-state index in [-0.39, 0.29) is 0 Å². The Hall–Kier alpha value is -0.120. The van der Waals surface area contributed by atoms with Gasteiger partial charge < -0.3 is 4.90 Å². The summed E-state index contributed by atoms with van der Waals surface area (Å²) in [6.45, 7) is 19.8. The van der Waals surface area contributed by atoms with E-state index in [2.05, 4.69) is 49.3 Å². The third-order valence-corrected chi connectivity index (χ3v) is 6.14. The highest BCUT2D eigenvalue weighted by Crippen LogP contribution is 2.43. The van der Waals surface area contributed by atoms with Gasteiger partial charge >= 0.3 is 0 Å². The molecule has 0 bridgehead atoms. The van der Waals surface area contributed by atoms with Gasteiger partial charge in [0.05, 0.1) is 0 Å².